The van der Waals surface area contributed by atoms with Gasteiger partial charge in [0, 0.05) is 124 Å². The van der Waals surface area contributed by atoms with E-state index in [4.69, 9.17) is 19.2 Å². The molecule has 4 atom stereocenters. The fraction of sp³-hybridized carbons (Fsp3) is 0.333. The predicted octanol–water partition coefficient (Wildman–Crippen LogP) is 8.65. The maximum Gasteiger partial charge on any atom is 0.261 e. The maximum absolute atomic E-state index is 14.2. The minimum Gasteiger partial charge on any atom is -0.493 e. The molecule has 81 heavy (non-hydrogen) atoms. The van der Waals surface area contributed by atoms with E-state index in [-0.39, 0.29) is 131 Å². The van der Waals surface area contributed by atoms with Gasteiger partial charge in [-0.1, -0.05) is 54.9 Å². The van der Waals surface area contributed by atoms with Gasteiger partial charge in [0.2, 0.25) is 11.8 Å². The molecule has 5 aromatic rings. The van der Waals surface area contributed by atoms with E-state index in [1.165, 1.54) is 19.3 Å². The molecule has 2 N–H and O–H groups in total. The van der Waals surface area contributed by atoms with Crippen LogP contribution in [0.2, 0.25) is 0 Å². The first kappa shape index (κ1) is 58.0. The molecule has 0 spiro atoms. The Kier molecular flexibility index (Phi) is 18.2. The van der Waals surface area contributed by atoms with Gasteiger partial charge in [0.05, 0.1) is 30.4 Å². The molecule has 0 saturated carbocycles. The minimum atomic E-state index is -0.863. The molecule has 0 aromatic heterocycles. The Morgan fingerprint density at radius 3 is 2.07 bits per heavy atom. The van der Waals surface area contributed by atoms with Crippen LogP contribution in [0, 0.1) is 19.3 Å². The Balaban J connectivity index is 0.00000792. The molecule has 17 nitrogen and oxygen atoms in total. The Bertz CT molecular complexity index is 3390. The van der Waals surface area contributed by atoms with Gasteiger partial charge in [0.1, 0.15) is 24.7 Å². The second-order valence-corrected chi connectivity index (χ2v) is 21.1. The van der Waals surface area contributed by atoms with Crippen LogP contribution in [-0.2, 0) is 94.0 Å². The van der Waals surface area contributed by atoms with E-state index >= 15 is 0 Å². The third kappa shape index (κ3) is 12.9. The number of ketones is 2. The summed E-state index contributed by atoms with van der Waals surface area (Å²) in [5.41, 5.74) is 8.83. The molecule has 18 heteroatoms. The Hall–Kier alpha value is -7.63. The Morgan fingerprint density at radius 2 is 1.36 bits per heavy atom. The van der Waals surface area contributed by atoms with Gasteiger partial charge < -0.3 is 36.2 Å². The third-order valence-corrected chi connectivity index (χ3v) is 15.4. The number of rotatable bonds is 22. The molecule has 415 valence electrons. The number of Topliss-reactive ketones (excluding diaryl/α,β-unsaturated/α-hetero) is 2. The van der Waals surface area contributed by atoms with Gasteiger partial charge >= 0.3 is 0 Å². The molecule has 5 heterocycles. The number of anilines is 3. The van der Waals surface area contributed by atoms with Crippen molar-refractivity contribution in [2.75, 3.05) is 28.8 Å². The number of para-hydroxylation sites is 2. The van der Waals surface area contributed by atoms with Crippen molar-refractivity contribution < 1.29 is 85.3 Å². The molecule has 5 aliphatic rings. The number of fused-ring (bicyclic) bond motifs is 8. The summed E-state index contributed by atoms with van der Waals surface area (Å²) in [5.74, 6) is -1.58. The number of ether oxygens (including phenoxy) is 3. The van der Waals surface area contributed by atoms with Crippen molar-refractivity contribution in [3.63, 3.8) is 0 Å². The maximum atomic E-state index is 14.2. The second kappa shape index (κ2) is 25.4. The molecule has 10 rings (SSSR count). The van der Waals surface area contributed by atoms with Crippen molar-refractivity contribution in [1.82, 2.24) is 10.2 Å². The molecule has 0 bridgehead atoms. The number of unbranched alkanes of at least 4 members (excludes halogenated alkanes) is 1. The first-order valence-electron chi connectivity index (χ1n) is 27.2. The number of imide groups is 1. The van der Waals surface area contributed by atoms with Crippen LogP contribution in [0.3, 0.4) is 0 Å². The van der Waals surface area contributed by atoms with Crippen LogP contribution in [-0.4, -0.2) is 89.9 Å². The van der Waals surface area contributed by atoms with Gasteiger partial charge in [-0.15, -0.1) is 0 Å². The molecule has 1 radical (unpaired) electrons. The Labute approximate surface area is 495 Å². The number of carbonyl (C=O) groups excluding carboxylic acids is 8. The zero-order valence-corrected chi connectivity index (χ0v) is 48.7. The fourth-order valence-corrected chi connectivity index (χ4v) is 11.1. The molecule has 6 amide bonds. The van der Waals surface area contributed by atoms with Crippen molar-refractivity contribution in [1.29, 1.82) is 0 Å². The van der Waals surface area contributed by atoms with Crippen LogP contribution >= 0.6 is 0 Å². The number of nitrogens with one attached hydrogen (secondary N) is 2. The van der Waals surface area contributed by atoms with Crippen molar-refractivity contribution in [2.24, 2.45) is 10.9 Å². The van der Waals surface area contributed by atoms with Gasteiger partial charge in [-0.25, -0.2) is 0 Å². The number of carbonyl (C=O) groups is 8. The average molecular weight is 1170 g/mol. The van der Waals surface area contributed by atoms with Gasteiger partial charge in [0.25, 0.3) is 23.6 Å². The van der Waals surface area contributed by atoms with E-state index in [2.05, 4.69) is 23.1 Å². The fourth-order valence-electron chi connectivity index (χ4n) is 11.1. The topological polar surface area (TPSA) is 210 Å². The third-order valence-electron chi connectivity index (χ3n) is 15.4. The van der Waals surface area contributed by atoms with E-state index in [1.807, 2.05) is 72.6 Å². The quantitative estimate of drug-likeness (QED) is 0.0381. The number of hydrogen-bond donors (Lipinski definition) is 2. The zero-order chi connectivity index (χ0) is 56.2. The number of methoxy groups -OCH3 is 1. The van der Waals surface area contributed by atoms with E-state index in [9.17, 15) is 38.4 Å². The Morgan fingerprint density at radius 1 is 0.716 bits per heavy atom. The van der Waals surface area contributed by atoms with E-state index < -0.39 is 17.9 Å². The first-order valence-corrected chi connectivity index (χ1v) is 27.2. The molecule has 5 aromatic carbocycles. The number of hydrogen-bond acceptors (Lipinski definition) is 12. The molecule has 0 unspecified atom stereocenters. The summed E-state index contributed by atoms with van der Waals surface area (Å²) in [6.07, 6.45) is 10.0. The van der Waals surface area contributed by atoms with Crippen molar-refractivity contribution in [2.45, 2.75) is 116 Å². The molecular formula is C63H63N6O11Y-. The number of aryl methyl sites for hydroxylation is 1. The van der Waals surface area contributed by atoms with Gasteiger partial charge in [0.15, 0.2) is 17.3 Å². The largest absolute Gasteiger partial charge is 0.493 e. The SMILES string of the molecule is COc1cc2c(cc1OCc1cc(COc3cc4c(cc3C)C(=O)N3c5ccccc5C[C@H]3C=N4)cc(NC(=O)[C@H](C)CC(=O)[C@H](C)NC(=O)CCCCC(=O)CCCN3C(=O)C=CC3=O)c1)C[CH-][C@@H]1Cc3ccccc3N1C2=O.[Y]. The van der Waals surface area contributed by atoms with Gasteiger partial charge in [-0.3, -0.25) is 53.1 Å². The average Bonchev–Trinajstić information content (AvgIpc) is 3.81. The summed E-state index contributed by atoms with van der Waals surface area (Å²) in [7, 11) is 1.53. The predicted molar refractivity (Wildman–Crippen MR) is 301 cm³/mol. The van der Waals surface area contributed by atoms with Crippen LogP contribution in [0.4, 0.5) is 22.7 Å². The van der Waals surface area contributed by atoms with Crippen molar-refractivity contribution in [3.05, 3.63) is 154 Å². The molecule has 0 aliphatic carbocycles. The monoisotopic (exact) mass is 1170 g/mol. The van der Waals surface area contributed by atoms with E-state index in [1.54, 1.807) is 49.1 Å². The standard InChI is InChI=1S/C63H63N6O11.Y/c1-37-24-50-51(64-34-47-30-44-13-6-9-17-53(44)69(47)63(50)77)33-55(37)79-35-40-26-41(36-80-57-31-42-19-20-46-29-43-12-5-8-16-52(43)68(46)62(76)49(42)32-56(57)78-4)28-45(27-40)66-61(75)38(2)25-54(71)39(3)65-58(72)18-10-7-14-48(70)15-11-23-67-59(73)21-22-60(67)74;/h5-6,8-9,12-13,16-17,20-22,24,26-28,31-34,38-39,46-47H,7,10-11,14-15,18-19,23,25,29-30,35-36H2,1-4H3,(H,65,72)(H,66,75);/q-1;/t38-,39+,46-,47+;/m1./s1. The summed E-state index contributed by atoms with van der Waals surface area (Å²) in [5, 5.41) is 5.71. The van der Waals surface area contributed by atoms with E-state index in [0.29, 0.717) is 83.0 Å². The number of nitrogens with zero attached hydrogens (tertiary/aromatic N) is 4. The minimum absolute atomic E-state index is 0. The molecule has 0 saturated heterocycles. The molecular weight excluding hydrogens is 1110 g/mol. The van der Waals surface area contributed by atoms with Gasteiger partial charge in [-0.2, -0.15) is 6.42 Å². The molecule has 0 fully saturated rings. The van der Waals surface area contributed by atoms with Crippen LogP contribution in [0.5, 0.6) is 17.2 Å². The summed E-state index contributed by atoms with van der Waals surface area (Å²) in [4.78, 5) is 114. The first-order chi connectivity index (χ1) is 38.6. The summed E-state index contributed by atoms with van der Waals surface area (Å²) in [6, 6.07) is 27.3. The summed E-state index contributed by atoms with van der Waals surface area (Å²) < 4.78 is 18.8. The number of amides is 6. The van der Waals surface area contributed by atoms with Crippen molar-refractivity contribution >= 4 is 76.0 Å². The van der Waals surface area contributed by atoms with Gasteiger partial charge in [-0.05, 0) is 116 Å². The van der Waals surface area contributed by atoms with Crippen LogP contribution in [0.15, 0.2) is 108 Å². The van der Waals surface area contributed by atoms with Crippen LogP contribution < -0.4 is 34.6 Å². The number of aliphatic imine (C=N–C) groups is 1. The smallest absolute Gasteiger partial charge is 0.261 e. The summed E-state index contributed by atoms with van der Waals surface area (Å²) in [6.45, 7) is 5.36. The molecule has 5 aliphatic heterocycles. The number of benzene rings is 5. The van der Waals surface area contributed by atoms with E-state index in [0.717, 1.165) is 44.9 Å². The normalized spacial score (nSPS) is 17.1. The summed E-state index contributed by atoms with van der Waals surface area (Å²) >= 11 is 0. The van der Waals surface area contributed by atoms with Crippen LogP contribution in [0.25, 0.3) is 0 Å². The van der Waals surface area contributed by atoms with Crippen molar-refractivity contribution in [3.8, 4) is 17.2 Å². The second-order valence-electron chi connectivity index (χ2n) is 21.1. The van der Waals surface area contributed by atoms with Crippen LogP contribution in [0.1, 0.15) is 113 Å². The zero-order valence-electron chi connectivity index (χ0n) is 45.8.